The molecule has 0 radical (unpaired) electrons. The summed E-state index contributed by atoms with van der Waals surface area (Å²) in [5, 5.41) is 0.00251. The van der Waals surface area contributed by atoms with E-state index in [0.717, 1.165) is 49.4 Å². The average molecular weight is 685 g/mol. The van der Waals surface area contributed by atoms with Crippen LogP contribution in [0.3, 0.4) is 0 Å². The van der Waals surface area contributed by atoms with Crippen LogP contribution in [0.15, 0.2) is 48.6 Å². The zero-order valence-corrected chi connectivity index (χ0v) is 28.8. The average Bonchev–Trinajstić information content (AvgIpc) is 3.18. The number of esters is 1. The molecule has 2 aromatic rings. The van der Waals surface area contributed by atoms with Gasteiger partial charge in [-0.3, -0.25) is 9.59 Å². The summed E-state index contributed by atoms with van der Waals surface area (Å²) in [7, 11) is -2.55. The quantitative estimate of drug-likeness (QED) is 0.303. The van der Waals surface area contributed by atoms with Gasteiger partial charge in [0.25, 0.3) is 5.91 Å². The molecule has 5 atom stereocenters. The number of nitrogens with zero attached hydrogens (tertiary/aromatic N) is 1. The van der Waals surface area contributed by atoms with Gasteiger partial charge in [0, 0.05) is 29.1 Å². The van der Waals surface area contributed by atoms with Gasteiger partial charge < -0.3 is 19.1 Å². The highest BCUT2D eigenvalue weighted by atomic mass is 35.5. The topological polar surface area (TPSA) is 111 Å². The van der Waals surface area contributed by atoms with E-state index in [9.17, 15) is 18.0 Å². The lowest BCUT2D eigenvalue weighted by Gasteiger charge is -2.46. The molecule has 1 saturated carbocycles. The SMILES string of the molecule is CC[C@@H]1CC/C=C/[C@H](OCCC(=O)OC)[C@@H]2CC[C@H]2CN2C[C@@]3(CCCc4cc(Cl)ccc43)COc3ccc(cc32)C(=O)NS1(=O)=O. The molecule has 11 heteroatoms. The van der Waals surface area contributed by atoms with Crippen LogP contribution >= 0.6 is 11.6 Å². The van der Waals surface area contributed by atoms with Crippen LogP contribution in [0.25, 0.3) is 0 Å². The Bertz CT molecular complexity index is 1630. The first kappa shape index (κ1) is 33.8. The van der Waals surface area contributed by atoms with E-state index in [0.29, 0.717) is 44.1 Å². The number of anilines is 1. The molecule has 2 aromatic carbocycles. The lowest BCUT2D eigenvalue weighted by molar-refractivity contribution is -0.142. The molecule has 1 fully saturated rings. The van der Waals surface area contributed by atoms with Crippen molar-refractivity contribution in [1.82, 2.24) is 4.72 Å². The fraction of sp³-hybridized carbons (Fsp3) is 0.556. The van der Waals surface area contributed by atoms with Crippen molar-refractivity contribution in [3.63, 3.8) is 0 Å². The Labute approximate surface area is 283 Å². The van der Waals surface area contributed by atoms with Crippen LogP contribution in [-0.2, 0) is 36.1 Å². The fourth-order valence-corrected chi connectivity index (χ4v) is 9.48. The molecule has 47 heavy (non-hydrogen) atoms. The normalized spacial score (nSPS) is 29.3. The molecule has 1 amide bonds. The Kier molecular flexibility index (Phi) is 10.2. The molecule has 4 aliphatic rings. The van der Waals surface area contributed by atoms with Crippen molar-refractivity contribution in [2.24, 2.45) is 11.8 Å². The molecule has 6 rings (SSSR count). The summed E-state index contributed by atoms with van der Waals surface area (Å²) in [4.78, 5) is 27.7. The van der Waals surface area contributed by atoms with E-state index >= 15 is 0 Å². The van der Waals surface area contributed by atoms with Crippen molar-refractivity contribution < 1.29 is 32.2 Å². The maximum absolute atomic E-state index is 13.5. The number of ether oxygens (including phenoxy) is 3. The minimum absolute atomic E-state index is 0.166. The molecule has 0 unspecified atom stereocenters. The Morgan fingerprint density at radius 2 is 2.02 bits per heavy atom. The largest absolute Gasteiger partial charge is 0.490 e. The molecule has 9 nitrogen and oxygen atoms in total. The zero-order chi connectivity index (χ0) is 33.2. The number of allylic oxidation sites excluding steroid dienone is 1. The van der Waals surface area contributed by atoms with Gasteiger partial charge in [-0.25, -0.2) is 13.1 Å². The van der Waals surface area contributed by atoms with Crippen LogP contribution in [0.5, 0.6) is 5.75 Å². The first-order chi connectivity index (χ1) is 22.6. The lowest BCUT2D eigenvalue weighted by atomic mass is 9.68. The van der Waals surface area contributed by atoms with Crippen molar-refractivity contribution in [2.75, 3.05) is 38.3 Å². The third-order valence-electron chi connectivity index (χ3n) is 10.6. The van der Waals surface area contributed by atoms with E-state index in [1.54, 1.807) is 18.2 Å². The van der Waals surface area contributed by atoms with Gasteiger partial charge in [-0.05, 0) is 105 Å². The van der Waals surface area contributed by atoms with Gasteiger partial charge in [0.1, 0.15) is 5.75 Å². The molecule has 2 bridgehead atoms. The van der Waals surface area contributed by atoms with Gasteiger partial charge in [0.2, 0.25) is 10.0 Å². The van der Waals surface area contributed by atoms with Crippen molar-refractivity contribution in [2.45, 2.75) is 81.5 Å². The monoisotopic (exact) mass is 684 g/mol. The number of hydrogen-bond acceptors (Lipinski definition) is 8. The summed E-state index contributed by atoms with van der Waals surface area (Å²) in [6, 6.07) is 11.4. The van der Waals surface area contributed by atoms with Crippen molar-refractivity contribution in [3.05, 3.63) is 70.3 Å². The molecule has 1 N–H and O–H groups in total. The van der Waals surface area contributed by atoms with Gasteiger partial charge in [0.05, 0.1) is 43.8 Å². The predicted molar refractivity (Wildman–Crippen MR) is 182 cm³/mol. The third kappa shape index (κ3) is 7.20. The molecule has 0 aromatic heterocycles. The highest BCUT2D eigenvalue weighted by Crippen LogP contribution is 2.47. The van der Waals surface area contributed by atoms with Crippen molar-refractivity contribution in [3.8, 4) is 5.75 Å². The van der Waals surface area contributed by atoms with Crippen LogP contribution in [0.2, 0.25) is 5.02 Å². The molecule has 1 spiro atoms. The number of halogens is 1. The van der Waals surface area contributed by atoms with E-state index in [-0.39, 0.29) is 42.0 Å². The molecule has 2 heterocycles. The van der Waals surface area contributed by atoms with Crippen LogP contribution in [0.4, 0.5) is 5.69 Å². The Balaban J connectivity index is 1.39. The number of carbonyl (C=O) groups excluding carboxylic acids is 2. The first-order valence-electron chi connectivity index (χ1n) is 16.8. The van der Waals surface area contributed by atoms with E-state index in [4.69, 9.17) is 25.8 Å². The van der Waals surface area contributed by atoms with E-state index in [2.05, 4.69) is 21.8 Å². The van der Waals surface area contributed by atoms with Gasteiger partial charge in [-0.2, -0.15) is 0 Å². The number of carbonyl (C=O) groups is 2. The number of amides is 1. The highest BCUT2D eigenvalue weighted by molar-refractivity contribution is 7.90. The van der Waals surface area contributed by atoms with Crippen LogP contribution in [0.1, 0.15) is 79.8 Å². The lowest BCUT2D eigenvalue weighted by Crippen LogP contribution is -2.49. The number of rotatable bonds is 5. The second-order valence-corrected chi connectivity index (χ2v) is 15.9. The summed E-state index contributed by atoms with van der Waals surface area (Å²) in [5.74, 6) is 0.243. The Morgan fingerprint density at radius 1 is 1.17 bits per heavy atom. The Hall–Kier alpha value is -3.08. The third-order valence-corrected chi connectivity index (χ3v) is 12.8. The van der Waals surface area contributed by atoms with E-state index in [1.807, 2.05) is 25.1 Å². The van der Waals surface area contributed by atoms with Gasteiger partial charge in [0.15, 0.2) is 0 Å². The minimum Gasteiger partial charge on any atom is -0.490 e. The van der Waals surface area contributed by atoms with E-state index < -0.39 is 21.2 Å². The zero-order valence-electron chi connectivity index (χ0n) is 27.2. The summed E-state index contributed by atoms with van der Waals surface area (Å²) < 4.78 is 46.8. The van der Waals surface area contributed by atoms with Crippen molar-refractivity contribution >= 4 is 39.2 Å². The minimum atomic E-state index is -3.92. The Morgan fingerprint density at radius 3 is 2.79 bits per heavy atom. The maximum atomic E-state index is 13.5. The molecular formula is C36H45ClN2O7S. The second kappa shape index (κ2) is 14.2. The smallest absolute Gasteiger partial charge is 0.307 e. The molecule has 254 valence electrons. The number of fused-ring (bicyclic) bond motifs is 4. The number of hydrogen-bond donors (Lipinski definition) is 1. The standard InChI is InChI=1S/C36H45ClN2O7S/c1-3-28-8-4-5-9-32(45-18-16-34(40)44-2)29-13-10-26(29)21-39-22-36(17-6-7-24-19-27(37)12-14-30(24)36)23-46-33-15-11-25(20-31(33)39)35(41)38-47(28,42)43/h5,9,11-12,14-15,19-20,26,28-29,32H,3-4,6-8,10,13,16-18,21-23H2,1-2H3,(H,38,41)/b9-5+/t26-,28+,29+,32-,36-/m0/s1. The van der Waals surface area contributed by atoms with Gasteiger partial charge >= 0.3 is 5.97 Å². The van der Waals surface area contributed by atoms with Gasteiger partial charge in [-0.1, -0.05) is 36.7 Å². The number of aryl methyl sites for hydroxylation is 1. The van der Waals surface area contributed by atoms with Crippen molar-refractivity contribution in [1.29, 1.82) is 0 Å². The summed E-state index contributed by atoms with van der Waals surface area (Å²) in [6.45, 7) is 3.95. The van der Waals surface area contributed by atoms with Crippen LogP contribution in [0, 0.1) is 11.8 Å². The number of sulfonamides is 1. The summed E-state index contributed by atoms with van der Waals surface area (Å²) in [6.07, 6.45) is 10.2. The molecule has 2 aliphatic carbocycles. The van der Waals surface area contributed by atoms with E-state index in [1.165, 1.54) is 18.2 Å². The number of benzene rings is 2. The molecule has 2 aliphatic heterocycles. The number of nitrogens with one attached hydrogen (secondary N) is 1. The summed E-state index contributed by atoms with van der Waals surface area (Å²) in [5.41, 5.74) is 3.28. The maximum Gasteiger partial charge on any atom is 0.307 e. The predicted octanol–water partition coefficient (Wildman–Crippen LogP) is 5.98. The molecule has 0 saturated heterocycles. The van der Waals surface area contributed by atoms with Gasteiger partial charge in [-0.15, -0.1) is 0 Å². The summed E-state index contributed by atoms with van der Waals surface area (Å²) >= 11 is 6.43. The molecular weight excluding hydrogens is 640 g/mol. The fourth-order valence-electron chi connectivity index (χ4n) is 7.86. The number of methoxy groups -OCH3 is 1. The van der Waals surface area contributed by atoms with Crippen LogP contribution in [-0.4, -0.2) is 65.1 Å². The first-order valence-corrected chi connectivity index (χ1v) is 18.8. The second-order valence-electron chi connectivity index (χ2n) is 13.5. The highest BCUT2D eigenvalue weighted by Gasteiger charge is 2.44. The van der Waals surface area contributed by atoms with Crippen LogP contribution < -0.4 is 14.4 Å².